The number of oxazole rings is 1. The molecule has 1 aliphatic carbocycles. The monoisotopic (exact) mass is 260 g/mol. The Morgan fingerprint density at radius 3 is 3.05 bits per heavy atom. The van der Waals surface area contributed by atoms with Gasteiger partial charge in [-0.1, -0.05) is 0 Å². The van der Waals surface area contributed by atoms with Crippen LogP contribution in [0.4, 0.5) is 5.69 Å². The minimum Gasteiger partial charge on any atom is -0.440 e. The topological polar surface area (TPSA) is 47.3 Å². The van der Waals surface area contributed by atoms with Crippen LogP contribution in [-0.2, 0) is 4.74 Å². The van der Waals surface area contributed by atoms with Gasteiger partial charge in [0.2, 0.25) is 0 Å². The molecule has 102 valence electrons. The van der Waals surface area contributed by atoms with Crippen LogP contribution in [0.25, 0.3) is 11.1 Å². The predicted octanol–water partition coefficient (Wildman–Crippen LogP) is 3.54. The van der Waals surface area contributed by atoms with E-state index in [2.05, 4.69) is 23.3 Å². The highest BCUT2D eigenvalue weighted by molar-refractivity contribution is 5.77. The first kappa shape index (κ1) is 12.5. The maximum atomic E-state index is 5.76. The van der Waals surface area contributed by atoms with Crippen molar-refractivity contribution in [1.82, 2.24) is 4.98 Å². The number of fused-ring (bicyclic) bond motifs is 1. The number of ether oxygens (including phenoxy) is 1. The Labute approximate surface area is 113 Å². The number of hydrogen-bond acceptors (Lipinski definition) is 4. The Bertz CT molecular complexity index is 560. The van der Waals surface area contributed by atoms with E-state index in [0.29, 0.717) is 12.0 Å². The highest BCUT2D eigenvalue weighted by atomic mass is 16.5. The van der Waals surface area contributed by atoms with Gasteiger partial charge in [0.25, 0.3) is 0 Å². The summed E-state index contributed by atoms with van der Waals surface area (Å²) in [6.45, 7) is 2.92. The van der Waals surface area contributed by atoms with Crippen LogP contribution in [0.2, 0.25) is 0 Å². The van der Waals surface area contributed by atoms with Crippen molar-refractivity contribution in [2.24, 2.45) is 0 Å². The smallest absolute Gasteiger partial charge is 0.198 e. The largest absolute Gasteiger partial charge is 0.440 e. The minimum atomic E-state index is 0.382. The second-order valence-electron chi connectivity index (χ2n) is 5.34. The fraction of sp³-hybridized carbons (Fsp3) is 0.533. The van der Waals surface area contributed by atoms with Crippen LogP contribution in [0, 0.1) is 0 Å². The molecule has 1 heterocycles. The van der Waals surface area contributed by atoms with Gasteiger partial charge in [0.1, 0.15) is 5.52 Å². The first-order valence-electron chi connectivity index (χ1n) is 6.92. The molecule has 0 amide bonds. The third-order valence-electron chi connectivity index (χ3n) is 3.50. The maximum absolute atomic E-state index is 5.76. The highest BCUT2D eigenvalue weighted by Gasteiger charge is 2.28. The highest BCUT2D eigenvalue weighted by Crippen LogP contribution is 2.40. The van der Waals surface area contributed by atoms with Crippen molar-refractivity contribution in [3.8, 4) is 0 Å². The van der Waals surface area contributed by atoms with Crippen molar-refractivity contribution in [3.05, 3.63) is 24.1 Å². The van der Waals surface area contributed by atoms with Crippen LogP contribution in [0.1, 0.15) is 38.0 Å². The Morgan fingerprint density at radius 1 is 1.47 bits per heavy atom. The van der Waals surface area contributed by atoms with Gasteiger partial charge in [-0.25, -0.2) is 4.98 Å². The molecular weight excluding hydrogens is 240 g/mol. The lowest BCUT2D eigenvalue weighted by molar-refractivity contribution is 0.191. The maximum Gasteiger partial charge on any atom is 0.198 e. The number of nitrogens with zero attached hydrogens (tertiary/aromatic N) is 1. The van der Waals surface area contributed by atoms with Crippen LogP contribution in [0.5, 0.6) is 0 Å². The molecule has 4 heteroatoms. The van der Waals surface area contributed by atoms with E-state index in [1.165, 1.54) is 12.8 Å². The summed E-state index contributed by atoms with van der Waals surface area (Å²) in [6, 6.07) is 6.49. The zero-order valence-corrected chi connectivity index (χ0v) is 11.5. The van der Waals surface area contributed by atoms with Gasteiger partial charge in [-0.3, -0.25) is 0 Å². The van der Waals surface area contributed by atoms with Crippen molar-refractivity contribution in [2.75, 3.05) is 19.0 Å². The fourth-order valence-electron chi connectivity index (χ4n) is 2.19. The lowest BCUT2D eigenvalue weighted by Gasteiger charge is -2.14. The quantitative estimate of drug-likeness (QED) is 0.863. The average molecular weight is 260 g/mol. The third-order valence-corrected chi connectivity index (χ3v) is 3.50. The molecule has 0 bridgehead atoms. The van der Waals surface area contributed by atoms with Crippen molar-refractivity contribution in [3.63, 3.8) is 0 Å². The fourth-order valence-corrected chi connectivity index (χ4v) is 2.19. The summed E-state index contributed by atoms with van der Waals surface area (Å²) in [5.41, 5.74) is 2.93. The summed E-state index contributed by atoms with van der Waals surface area (Å²) in [5, 5.41) is 3.46. The van der Waals surface area contributed by atoms with E-state index >= 15 is 0 Å². The van der Waals surface area contributed by atoms with Gasteiger partial charge in [0, 0.05) is 31.4 Å². The second kappa shape index (κ2) is 5.21. The molecule has 4 nitrogen and oxygen atoms in total. The Hall–Kier alpha value is -1.55. The lowest BCUT2D eigenvalue weighted by Crippen LogP contribution is -2.16. The van der Waals surface area contributed by atoms with Gasteiger partial charge in [0.05, 0.1) is 0 Å². The van der Waals surface area contributed by atoms with Crippen molar-refractivity contribution in [1.29, 1.82) is 0 Å². The minimum absolute atomic E-state index is 0.382. The molecule has 0 spiro atoms. The SMILES string of the molecule is COCCC(C)Nc1ccc2oc(C3CC3)nc2c1. The van der Waals surface area contributed by atoms with E-state index in [9.17, 15) is 0 Å². The van der Waals surface area contributed by atoms with E-state index in [1.54, 1.807) is 7.11 Å². The molecule has 0 radical (unpaired) electrons. The van der Waals surface area contributed by atoms with Gasteiger partial charge < -0.3 is 14.5 Å². The molecule has 1 aliphatic rings. The van der Waals surface area contributed by atoms with E-state index in [0.717, 1.165) is 35.7 Å². The molecule has 1 aromatic heterocycles. The Morgan fingerprint density at radius 2 is 2.32 bits per heavy atom. The number of benzene rings is 1. The molecule has 1 unspecified atom stereocenters. The van der Waals surface area contributed by atoms with Gasteiger partial charge in [-0.05, 0) is 44.4 Å². The van der Waals surface area contributed by atoms with Crippen LogP contribution >= 0.6 is 0 Å². The summed E-state index contributed by atoms with van der Waals surface area (Å²) >= 11 is 0. The molecule has 1 fully saturated rings. The van der Waals surface area contributed by atoms with Crippen molar-refractivity contribution >= 4 is 16.8 Å². The Balaban J connectivity index is 1.73. The van der Waals surface area contributed by atoms with Crippen LogP contribution in [0.15, 0.2) is 22.6 Å². The summed E-state index contributed by atoms with van der Waals surface area (Å²) < 4.78 is 10.8. The van der Waals surface area contributed by atoms with Gasteiger partial charge in [0.15, 0.2) is 11.5 Å². The van der Waals surface area contributed by atoms with Gasteiger partial charge in [-0.15, -0.1) is 0 Å². The van der Waals surface area contributed by atoms with E-state index in [-0.39, 0.29) is 0 Å². The summed E-state index contributed by atoms with van der Waals surface area (Å²) in [4.78, 5) is 4.57. The number of hydrogen-bond donors (Lipinski definition) is 1. The van der Waals surface area contributed by atoms with E-state index in [1.807, 2.05) is 12.1 Å². The number of anilines is 1. The van der Waals surface area contributed by atoms with E-state index in [4.69, 9.17) is 9.15 Å². The summed E-state index contributed by atoms with van der Waals surface area (Å²) in [5.74, 6) is 1.46. The standard InChI is InChI=1S/C15H20N2O2/c1-10(7-8-18-2)16-12-5-6-14-13(9-12)17-15(19-14)11-3-4-11/h5-6,9-11,16H,3-4,7-8H2,1-2H3. The summed E-state index contributed by atoms with van der Waals surface area (Å²) in [7, 11) is 1.73. The Kier molecular flexibility index (Phi) is 3.42. The van der Waals surface area contributed by atoms with Crippen LogP contribution in [0.3, 0.4) is 0 Å². The van der Waals surface area contributed by atoms with E-state index < -0.39 is 0 Å². The van der Waals surface area contributed by atoms with Gasteiger partial charge >= 0.3 is 0 Å². The molecule has 0 saturated heterocycles. The molecule has 0 aliphatic heterocycles. The second-order valence-corrected chi connectivity index (χ2v) is 5.34. The molecule has 1 saturated carbocycles. The number of nitrogens with one attached hydrogen (secondary N) is 1. The predicted molar refractivity (Wildman–Crippen MR) is 75.6 cm³/mol. The lowest BCUT2D eigenvalue weighted by atomic mass is 10.2. The molecule has 3 rings (SSSR count). The summed E-state index contributed by atoms with van der Waals surface area (Å²) in [6.07, 6.45) is 3.42. The normalized spacial score (nSPS) is 16.7. The molecule has 19 heavy (non-hydrogen) atoms. The first-order valence-corrected chi connectivity index (χ1v) is 6.92. The average Bonchev–Trinajstić information content (AvgIpc) is 3.16. The van der Waals surface area contributed by atoms with Crippen LogP contribution < -0.4 is 5.32 Å². The molecule has 1 aromatic carbocycles. The van der Waals surface area contributed by atoms with Crippen molar-refractivity contribution in [2.45, 2.75) is 38.1 Å². The van der Waals surface area contributed by atoms with Crippen molar-refractivity contribution < 1.29 is 9.15 Å². The third kappa shape index (κ3) is 2.89. The number of rotatable bonds is 6. The zero-order valence-electron chi connectivity index (χ0n) is 11.5. The molecule has 1 N–H and O–H groups in total. The number of aromatic nitrogens is 1. The first-order chi connectivity index (χ1) is 9.26. The molecule has 1 atom stereocenters. The van der Waals surface area contributed by atoms with Crippen LogP contribution in [-0.4, -0.2) is 24.7 Å². The van der Waals surface area contributed by atoms with Gasteiger partial charge in [-0.2, -0.15) is 0 Å². The zero-order chi connectivity index (χ0) is 13.2. The molecule has 2 aromatic rings. The number of methoxy groups -OCH3 is 1. The molecular formula is C15H20N2O2.